The van der Waals surface area contributed by atoms with Crippen LogP contribution in [0.5, 0.6) is 11.5 Å². The molecule has 1 fully saturated rings. The number of hydrogen-bond donors (Lipinski definition) is 1. The zero-order chi connectivity index (χ0) is 19.8. The molecule has 3 rings (SSSR count). The van der Waals surface area contributed by atoms with Crippen LogP contribution < -0.4 is 10.1 Å². The Bertz CT molecular complexity index is 819. The normalized spacial score (nSPS) is 14.4. The molecule has 7 heteroatoms. The lowest BCUT2D eigenvalue weighted by atomic mass is 10.1. The molecule has 28 heavy (non-hydrogen) atoms. The molecule has 1 amide bonds. The van der Waals surface area contributed by atoms with Crippen molar-refractivity contribution in [2.24, 2.45) is 0 Å². The van der Waals surface area contributed by atoms with E-state index in [2.05, 4.69) is 10.2 Å². The van der Waals surface area contributed by atoms with Gasteiger partial charge < -0.3 is 15.0 Å². The topological polar surface area (TPSA) is 84.7 Å². The minimum absolute atomic E-state index is 0.0416. The molecule has 2 aromatic rings. The van der Waals surface area contributed by atoms with Gasteiger partial charge in [0.1, 0.15) is 11.5 Å². The third-order valence-corrected chi connectivity index (χ3v) is 4.75. The van der Waals surface area contributed by atoms with Crippen LogP contribution in [0.2, 0.25) is 0 Å². The molecule has 0 aliphatic carbocycles. The number of nitrogens with one attached hydrogen (secondary N) is 1. The summed E-state index contributed by atoms with van der Waals surface area (Å²) < 4.78 is 5.67. The summed E-state index contributed by atoms with van der Waals surface area (Å²) in [7, 11) is 0. The number of non-ortho nitro benzene ring substituents is 1. The first kappa shape index (κ1) is 19.8. The average Bonchev–Trinajstić information content (AvgIpc) is 2.72. The van der Waals surface area contributed by atoms with Gasteiger partial charge in [-0.1, -0.05) is 18.6 Å². The van der Waals surface area contributed by atoms with Gasteiger partial charge in [-0.3, -0.25) is 14.9 Å². The summed E-state index contributed by atoms with van der Waals surface area (Å²) in [4.78, 5) is 25.2. The van der Waals surface area contributed by atoms with Crippen LogP contribution in [0.4, 0.5) is 5.69 Å². The molecule has 0 radical (unpaired) electrons. The highest BCUT2D eigenvalue weighted by atomic mass is 16.6. The first-order chi connectivity index (χ1) is 13.6. The number of nitrogens with zero attached hydrogens (tertiary/aromatic N) is 2. The second-order valence-electron chi connectivity index (χ2n) is 6.90. The summed E-state index contributed by atoms with van der Waals surface area (Å²) >= 11 is 0. The predicted molar refractivity (Wildman–Crippen MR) is 107 cm³/mol. The van der Waals surface area contributed by atoms with E-state index >= 15 is 0 Å². The number of piperidine rings is 1. The first-order valence-electron chi connectivity index (χ1n) is 9.65. The molecule has 0 saturated carbocycles. The summed E-state index contributed by atoms with van der Waals surface area (Å²) in [5, 5.41) is 13.8. The van der Waals surface area contributed by atoms with Crippen molar-refractivity contribution in [3.8, 4) is 11.5 Å². The Balaban J connectivity index is 1.51. The minimum Gasteiger partial charge on any atom is -0.457 e. The largest absolute Gasteiger partial charge is 0.457 e. The van der Waals surface area contributed by atoms with Crippen molar-refractivity contribution >= 4 is 11.6 Å². The Morgan fingerprint density at radius 1 is 1.07 bits per heavy atom. The van der Waals surface area contributed by atoms with E-state index in [0.717, 1.165) is 26.1 Å². The maximum Gasteiger partial charge on any atom is 0.273 e. The van der Waals surface area contributed by atoms with Crippen LogP contribution in [0.15, 0.2) is 48.5 Å². The maximum atomic E-state index is 12.4. The van der Waals surface area contributed by atoms with Crippen LogP contribution in [-0.4, -0.2) is 41.9 Å². The van der Waals surface area contributed by atoms with E-state index < -0.39 is 4.92 Å². The fraction of sp³-hybridized carbons (Fsp3) is 0.381. The number of carbonyl (C=O) groups is 1. The first-order valence-corrected chi connectivity index (χ1v) is 9.65. The number of ether oxygens (including phenoxy) is 1. The van der Waals surface area contributed by atoms with E-state index in [1.54, 1.807) is 36.4 Å². The highest BCUT2D eigenvalue weighted by Gasteiger charge is 2.11. The minimum atomic E-state index is -0.472. The van der Waals surface area contributed by atoms with E-state index in [9.17, 15) is 14.9 Å². The van der Waals surface area contributed by atoms with Gasteiger partial charge in [0.05, 0.1) is 11.0 Å². The van der Waals surface area contributed by atoms with Crippen LogP contribution in [0.3, 0.4) is 0 Å². The van der Waals surface area contributed by atoms with Gasteiger partial charge in [0, 0.05) is 18.2 Å². The summed E-state index contributed by atoms with van der Waals surface area (Å²) in [5.74, 6) is 0.665. The quantitative estimate of drug-likeness (QED) is 0.423. The second-order valence-corrected chi connectivity index (χ2v) is 6.90. The van der Waals surface area contributed by atoms with Crippen LogP contribution in [0.1, 0.15) is 36.0 Å². The zero-order valence-corrected chi connectivity index (χ0v) is 15.8. The van der Waals surface area contributed by atoms with Crippen LogP contribution >= 0.6 is 0 Å². The summed E-state index contributed by atoms with van der Waals surface area (Å²) in [5.41, 5.74) is 0.459. The molecule has 1 heterocycles. The van der Waals surface area contributed by atoms with Gasteiger partial charge in [0.25, 0.3) is 11.6 Å². The fourth-order valence-corrected chi connectivity index (χ4v) is 3.29. The number of carbonyl (C=O) groups excluding carboxylic acids is 1. The van der Waals surface area contributed by atoms with Gasteiger partial charge in [-0.05, 0) is 63.2 Å². The molecule has 0 atom stereocenters. The lowest BCUT2D eigenvalue weighted by Crippen LogP contribution is -2.33. The molecule has 2 aromatic carbocycles. The number of nitro groups is 1. The molecule has 1 N–H and O–H groups in total. The molecule has 1 aliphatic rings. The van der Waals surface area contributed by atoms with Crippen molar-refractivity contribution in [1.82, 2.24) is 10.2 Å². The zero-order valence-electron chi connectivity index (χ0n) is 15.8. The lowest BCUT2D eigenvalue weighted by molar-refractivity contribution is -0.384. The van der Waals surface area contributed by atoms with Gasteiger partial charge in [0.15, 0.2) is 0 Å². The Kier molecular flexibility index (Phi) is 6.97. The van der Waals surface area contributed by atoms with Gasteiger partial charge in [-0.25, -0.2) is 0 Å². The molecule has 0 aromatic heterocycles. The standard InChI is InChI=1S/C21H25N3O4/c25-21(22-11-6-14-23-12-2-1-3-13-23)17-7-4-9-19(15-17)28-20-10-5-8-18(16-20)24(26)27/h4-5,7-10,15-16H,1-3,6,11-14H2,(H,22,25). The van der Waals surface area contributed by atoms with Crippen LogP contribution in [-0.2, 0) is 0 Å². The number of likely N-dealkylation sites (tertiary alicyclic amines) is 1. The van der Waals surface area contributed by atoms with Crippen molar-refractivity contribution in [2.75, 3.05) is 26.2 Å². The monoisotopic (exact) mass is 383 g/mol. The average molecular weight is 383 g/mol. The molecular weight excluding hydrogens is 358 g/mol. The van der Waals surface area contributed by atoms with Crippen molar-refractivity contribution in [2.45, 2.75) is 25.7 Å². The second kappa shape index (κ2) is 9.85. The number of nitro benzene ring substituents is 1. The third-order valence-electron chi connectivity index (χ3n) is 4.75. The predicted octanol–water partition coefficient (Wildman–Crippen LogP) is 3.99. The highest BCUT2D eigenvalue weighted by Crippen LogP contribution is 2.25. The summed E-state index contributed by atoms with van der Waals surface area (Å²) in [6.07, 6.45) is 4.78. The third kappa shape index (κ3) is 5.79. The van der Waals surface area contributed by atoms with Crippen molar-refractivity contribution in [3.63, 3.8) is 0 Å². The summed E-state index contributed by atoms with van der Waals surface area (Å²) in [6.45, 7) is 3.96. The number of rotatable bonds is 8. The van der Waals surface area contributed by atoms with Gasteiger partial charge in [-0.2, -0.15) is 0 Å². The molecule has 0 spiro atoms. The number of amides is 1. The Morgan fingerprint density at radius 2 is 1.79 bits per heavy atom. The molecular formula is C21H25N3O4. The van der Waals surface area contributed by atoms with Crippen LogP contribution in [0, 0.1) is 10.1 Å². The van der Waals surface area contributed by atoms with Gasteiger partial charge >= 0.3 is 0 Å². The Labute approximate surface area is 164 Å². The Hall–Kier alpha value is -2.93. The lowest BCUT2D eigenvalue weighted by Gasteiger charge is -2.26. The van der Waals surface area contributed by atoms with E-state index in [1.165, 1.54) is 31.4 Å². The van der Waals surface area contributed by atoms with Crippen molar-refractivity contribution < 1.29 is 14.5 Å². The van der Waals surface area contributed by atoms with E-state index in [0.29, 0.717) is 23.6 Å². The van der Waals surface area contributed by atoms with Crippen LogP contribution in [0.25, 0.3) is 0 Å². The van der Waals surface area contributed by atoms with E-state index in [4.69, 9.17) is 4.74 Å². The van der Waals surface area contributed by atoms with Crippen molar-refractivity contribution in [1.29, 1.82) is 0 Å². The smallest absolute Gasteiger partial charge is 0.273 e. The van der Waals surface area contributed by atoms with E-state index in [-0.39, 0.29) is 11.6 Å². The van der Waals surface area contributed by atoms with E-state index in [1.807, 2.05) is 0 Å². The summed E-state index contributed by atoms with van der Waals surface area (Å²) in [6, 6.07) is 12.8. The fourth-order valence-electron chi connectivity index (χ4n) is 3.29. The highest BCUT2D eigenvalue weighted by molar-refractivity contribution is 5.94. The van der Waals surface area contributed by atoms with Gasteiger partial charge in [0.2, 0.25) is 0 Å². The van der Waals surface area contributed by atoms with Crippen molar-refractivity contribution in [3.05, 3.63) is 64.2 Å². The molecule has 0 unspecified atom stereocenters. The number of benzene rings is 2. The molecule has 7 nitrogen and oxygen atoms in total. The number of hydrogen-bond acceptors (Lipinski definition) is 5. The molecule has 148 valence electrons. The molecule has 1 saturated heterocycles. The van der Waals surface area contributed by atoms with Gasteiger partial charge in [-0.15, -0.1) is 0 Å². The maximum absolute atomic E-state index is 12.4. The SMILES string of the molecule is O=C(NCCCN1CCCCC1)c1cccc(Oc2cccc([N+](=O)[O-])c2)c1. The Morgan fingerprint density at radius 3 is 2.54 bits per heavy atom. The molecule has 0 bridgehead atoms. The molecule has 1 aliphatic heterocycles.